The van der Waals surface area contributed by atoms with Crippen LogP contribution in [-0.4, -0.2) is 38.3 Å². The van der Waals surface area contributed by atoms with Crippen molar-refractivity contribution in [1.29, 1.82) is 0 Å². The van der Waals surface area contributed by atoms with Crippen molar-refractivity contribution in [2.75, 3.05) is 18.1 Å². The summed E-state index contributed by atoms with van der Waals surface area (Å²) >= 11 is 0. The van der Waals surface area contributed by atoms with Crippen LogP contribution in [0.5, 0.6) is 0 Å². The van der Waals surface area contributed by atoms with E-state index in [1.54, 1.807) is 12.3 Å². The Balaban J connectivity index is 2.56. The molecule has 0 aliphatic rings. The highest BCUT2D eigenvalue weighted by Crippen LogP contribution is 2.06. The topological polar surface area (TPSA) is 79.3 Å². The van der Waals surface area contributed by atoms with Gasteiger partial charge in [0.25, 0.3) is 0 Å². The van der Waals surface area contributed by atoms with Crippen molar-refractivity contribution in [3.8, 4) is 0 Å². The summed E-state index contributed by atoms with van der Waals surface area (Å²) in [6.45, 7) is 2.44. The van der Waals surface area contributed by atoms with Crippen LogP contribution < -0.4 is 5.32 Å². The van der Waals surface area contributed by atoms with Gasteiger partial charge in [0, 0.05) is 28.9 Å². The summed E-state index contributed by atoms with van der Waals surface area (Å²) in [6, 6.07) is 3.07. The van der Waals surface area contributed by atoms with Crippen LogP contribution in [0.25, 0.3) is 0 Å². The number of rotatable bonds is 5. The second kappa shape index (κ2) is 5.60. The average Bonchev–Trinajstić information content (AvgIpc) is 2.26. The lowest BCUT2D eigenvalue weighted by atomic mass is 10.3. The van der Waals surface area contributed by atoms with Crippen LogP contribution in [0, 0.1) is 0 Å². The molecule has 0 fully saturated rings. The Bertz CT molecular complexity index is 392. The predicted molar refractivity (Wildman–Crippen MR) is 63.2 cm³/mol. The molecule has 0 saturated carbocycles. The number of hydrogen-bond donors (Lipinski definition) is 2. The van der Waals surface area contributed by atoms with Gasteiger partial charge in [-0.15, -0.1) is 0 Å². The highest BCUT2D eigenvalue weighted by Gasteiger charge is 2.06. The van der Waals surface area contributed by atoms with E-state index in [0.29, 0.717) is 6.54 Å². The van der Waals surface area contributed by atoms with E-state index in [0.717, 1.165) is 5.69 Å². The fraction of sp³-hybridized carbons (Fsp3) is 0.400. The molecule has 2 N–H and O–H groups in total. The molecule has 16 heavy (non-hydrogen) atoms. The zero-order valence-corrected chi connectivity index (χ0v) is 9.95. The lowest BCUT2D eigenvalue weighted by Crippen LogP contribution is -2.20. The number of carboxylic acid groups (broad SMARTS) is 1. The number of nitrogens with one attached hydrogen (secondary N) is 1. The number of carboxylic acids is 1. The number of aromatic nitrogens is 1. The molecule has 6 heteroatoms. The minimum Gasteiger partial charge on any atom is -0.477 e. The van der Waals surface area contributed by atoms with Gasteiger partial charge < -0.3 is 10.4 Å². The van der Waals surface area contributed by atoms with Gasteiger partial charge >= 0.3 is 5.97 Å². The lowest BCUT2D eigenvalue weighted by molar-refractivity contribution is 0.0690. The van der Waals surface area contributed by atoms with Gasteiger partial charge in [0.05, 0.1) is 11.9 Å². The number of anilines is 1. The van der Waals surface area contributed by atoms with E-state index in [1.807, 2.05) is 6.92 Å². The number of nitrogens with zero attached hydrogens (tertiary/aromatic N) is 1. The first-order chi connectivity index (χ1) is 7.50. The van der Waals surface area contributed by atoms with Crippen molar-refractivity contribution >= 4 is 22.5 Å². The van der Waals surface area contributed by atoms with E-state index in [-0.39, 0.29) is 10.9 Å². The summed E-state index contributed by atoms with van der Waals surface area (Å²) < 4.78 is 11.1. The Hall–Kier alpha value is -1.43. The van der Waals surface area contributed by atoms with Crippen LogP contribution in [0.4, 0.5) is 5.69 Å². The second-order valence-corrected chi connectivity index (χ2v) is 5.23. The molecule has 0 bridgehead atoms. The fourth-order valence-corrected chi connectivity index (χ4v) is 1.32. The molecular weight excluding hydrogens is 228 g/mol. The first-order valence-corrected chi connectivity index (χ1v) is 6.38. The Morgan fingerprint density at radius 1 is 1.62 bits per heavy atom. The van der Waals surface area contributed by atoms with Gasteiger partial charge in [-0.05, 0) is 19.1 Å². The van der Waals surface area contributed by atoms with Gasteiger partial charge in [0.15, 0.2) is 0 Å². The summed E-state index contributed by atoms with van der Waals surface area (Å²) in [5, 5.41) is 11.7. The fourth-order valence-electron chi connectivity index (χ4n) is 1.00. The first-order valence-electron chi connectivity index (χ1n) is 4.76. The number of carbonyl (C=O) groups is 1. The molecule has 0 amide bonds. The Morgan fingerprint density at radius 3 is 2.75 bits per heavy atom. The minimum atomic E-state index is -1.05. The molecule has 0 radical (unpaired) electrons. The summed E-state index contributed by atoms with van der Waals surface area (Å²) in [5.41, 5.74) is 0.736. The van der Waals surface area contributed by atoms with Gasteiger partial charge in [0.1, 0.15) is 5.69 Å². The molecular formula is C10H14N2O3S. The third-order valence-electron chi connectivity index (χ3n) is 2.14. The molecule has 0 aliphatic heterocycles. The number of aromatic carboxylic acids is 1. The molecule has 1 heterocycles. The monoisotopic (exact) mass is 242 g/mol. The van der Waals surface area contributed by atoms with Gasteiger partial charge in [-0.3, -0.25) is 4.21 Å². The average molecular weight is 242 g/mol. The van der Waals surface area contributed by atoms with Crippen LogP contribution >= 0.6 is 0 Å². The maximum atomic E-state index is 11.1. The quantitative estimate of drug-likeness (QED) is 0.804. The molecule has 1 rings (SSSR count). The molecule has 0 aromatic carbocycles. The summed E-state index contributed by atoms with van der Waals surface area (Å²) in [4.78, 5) is 14.3. The lowest BCUT2D eigenvalue weighted by Gasteiger charge is -2.10. The van der Waals surface area contributed by atoms with Crippen LogP contribution in [0.1, 0.15) is 17.4 Å². The minimum absolute atomic E-state index is 0.0117. The smallest absolute Gasteiger partial charge is 0.354 e. The maximum absolute atomic E-state index is 11.1. The van der Waals surface area contributed by atoms with Crippen molar-refractivity contribution in [2.24, 2.45) is 0 Å². The second-order valence-electron chi connectivity index (χ2n) is 3.43. The van der Waals surface area contributed by atoms with Crippen molar-refractivity contribution in [3.05, 3.63) is 24.0 Å². The molecule has 5 nitrogen and oxygen atoms in total. The number of hydrogen-bond acceptors (Lipinski definition) is 4. The van der Waals surface area contributed by atoms with Crippen LogP contribution in [0.2, 0.25) is 0 Å². The zero-order chi connectivity index (χ0) is 12.1. The van der Waals surface area contributed by atoms with Gasteiger partial charge in [-0.1, -0.05) is 0 Å². The van der Waals surface area contributed by atoms with Crippen LogP contribution in [-0.2, 0) is 10.8 Å². The SMILES string of the molecule is CC(CNc1ccc(C(=O)O)nc1)S(C)=O. The number of pyridine rings is 1. The van der Waals surface area contributed by atoms with Crippen LogP contribution in [0.3, 0.4) is 0 Å². The third-order valence-corrected chi connectivity index (χ3v) is 3.44. The molecule has 1 aromatic rings. The largest absolute Gasteiger partial charge is 0.477 e. The molecule has 1 aromatic heterocycles. The Kier molecular flexibility index (Phi) is 4.42. The van der Waals surface area contributed by atoms with Gasteiger partial charge in [-0.2, -0.15) is 0 Å². The summed E-state index contributed by atoms with van der Waals surface area (Å²) in [7, 11) is -0.873. The first kappa shape index (κ1) is 12.6. The van der Waals surface area contributed by atoms with Crippen molar-refractivity contribution in [2.45, 2.75) is 12.2 Å². The zero-order valence-electron chi connectivity index (χ0n) is 9.14. The highest BCUT2D eigenvalue weighted by atomic mass is 32.2. The molecule has 88 valence electrons. The van der Waals surface area contributed by atoms with Crippen LogP contribution in [0.15, 0.2) is 18.3 Å². The van der Waals surface area contributed by atoms with Gasteiger partial charge in [-0.25, -0.2) is 9.78 Å². The Morgan fingerprint density at radius 2 is 2.31 bits per heavy atom. The molecule has 2 unspecified atom stereocenters. The normalized spacial score (nSPS) is 14.1. The van der Waals surface area contributed by atoms with Crippen molar-refractivity contribution in [1.82, 2.24) is 4.98 Å². The summed E-state index contributed by atoms with van der Waals surface area (Å²) in [5.74, 6) is -1.05. The summed E-state index contributed by atoms with van der Waals surface area (Å²) in [6.07, 6.45) is 3.10. The highest BCUT2D eigenvalue weighted by molar-refractivity contribution is 7.84. The van der Waals surface area contributed by atoms with E-state index in [2.05, 4.69) is 10.3 Å². The molecule has 0 spiro atoms. The standard InChI is InChI=1S/C10H14N2O3S/c1-7(16(2)15)5-11-8-3-4-9(10(13)14)12-6-8/h3-4,6-7,11H,5H2,1-2H3,(H,13,14). The Labute approximate surface area is 96.4 Å². The van der Waals surface area contributed by atoms with E-state index in [1.165, 1.54) is 12.3 Å². The molecule has 0 saturated heterocycles. The molecule has 2 atom stereocenters. The predicted octanol–water partition coefficient (Wildman–Crippen LogP) is 0.959. The van der Waals surface area contributed by atoms with Crippen molar-refractivity contribution < 1.29 is 14.1 Å². The maximum Gasteiger partial charge on any atom is 0.354 e. The van der Waals surface area contributed by atoms with E-state index < -0.39 is 16.8 Å². The van der Waals surface area contributed by atoms with Crippen molar-refractivity contribution in [3.63, 3.8) is 0 Å². The molecule has 0 aliphatic carbocycles. The van der Waals surface area contributed by atoms with E-state index in [9.17, 15) is 9.00 Å². The van der Waals surface area contributed by atoms with E-state index in [4.69, 9.17) is 5.11 Å². The third kappa shape index (κ3) is 3.62. The van der Waals surface area contributed by atoms with Gasteiger partial charge in [0.2, 0.25) is 0 Å². The van der Waals surface area contributed by atoms with E-state index >= 15 is 0 Å².